The zero-order chi connectivity index (χ0) is 12.6. The van der Waals surface area contributed by atoms with Crippen LogP contribution < -0.4 is 5.32 Å². The minimum atomic E-state index is 0.465. The van der Waals surface area contributed by atoms with Crippen LogP contribution in [-0.2, 0) is 11.3 Å². The fraction of sp³-hybridized carbons (Fsp3) is 0.643. The van der Waals surface area contributed by atoms with E-state index in [0.29, 0.717) is 6.04 Å². The Balaban J connectivity index is 1.87. The van der Waals surface area contributed by atoms with Crippen molar-refractivity contribution in [3.8, 4) is 0 Å². The maximum absolute atomic E-state index is 5.58. The maximum Gasteiger partial charge on any atom is 0.0635 e. The molecular formula is C14H23N3O. The van der Waals surface area contributed by atoms with E-state index in [4.69, 9.17) is 4.74 Å². The predicted octanol–water partition coefficient (Wildman–Crippen LogP) is 1.28. The topological polar surface area (TPSA) is 37.4 Å². The summed E-state index contributed by atoms with van der Waals surface area (Å²) in [6, 6.07) is 6.56. The summed E-state index contributed by atoms with van der Waals surface area (Å²) < 4.78 is 5.58. The van der Waals surface area contributed by atoms with E-state index in [1.807, 2.05) is 18.3 Å². The first-order valence-corrected chi connectivity index (χ1v) is 6.82. The van der Waals surface area contributed by atoms with Gasteiger partial charge in [-0.1, -0.05) is 13.0 Å². The van der Waals surface area contributed by atoms with Crippen molar-refractivity contribution in [1.82, 2.24) is 15.2 Å². The van der Waals surface area contributed by atoms with Crippen molar-refractivity contribution in [2.75, 3.05) is 32.8 Å². The van der Waals surface area contributed by atoms with Gasteiger partial charge >= 0.3 is 0 Å². The summed E-state index contributed by atoms with van der Waals surface area (Å²) in [5.74, 6) is 0. The Morgan fingerprint density at radius 1 is 1.50 bits per heavy atom. The monoisotopic (exact) mass is 249 g/mol. The lowest BCUT2D eigenvalue weighted by Crippen LogP contribution is -2.50. The number of nitrogens with one attached hydrogen (secondary N) is 1. The molecule has 1 aliphatic heterocycles. The standard InChI is InChI=1S/C14H23N3O/c1-2-6-15-10-14-12-18-9-8-17(14)11-13-5-3-4-7-16-13/h3-5,7,14-15H,2,6,8-12H2,1H3. The Morgan fingerprint density at radius 3 is 3.22 bits per heavy atom. The van der Waals surface area contributed by atoms with Crippen LogP contribution in [0.3, 0.4) is 0 Å². The quantitative estimate of drug-likeness (QED) is 0.771. The van der Waals surface area contributed by atoms with E-state index in [1.165, 1.54) is 6.42 Å². The molecule has 1 unspecified atom stereocenters. The van der Waals surface area contributed by atoms with Crippen LogP contribution in [0.2, 0.25) is 0 Å². The summed E-state index contributed by atoms with van der Waals surface area (Å²) in [5, 5.41) is 3.48. The molecule has 18 heavy (non-hydrogen) atoms. The Hall–Kier alpha value is -0.970. The Labute approximate surface area is 109 Å². The molecule has 1 fully saturated rings. The van der Waals surface area contributed by atoms with Crippen molar-refractivity contribution in [3.63, 3.8) is 0 Å². The molecule has 1 saturated heterocycles. The van der Waals surface area contributed by atoms with Gasteiger partial charge in [0.25, 0.3) is 0 Å². The van der Waals surface area contributed by atoms with Crippen molar-refractivity contribution in [3.05, 3.63) is 30.1 Å². The molecule has 1 N–H and O–H groups in total. The van der Waals surface area contributed by atoms with E-state index in [1.54, 1.807) is 0 Å². The SMILES string of the molecule is CCCNCC1COCCN1Cc1ccccn1. The fourth-order valence-corrected chi connectivity index (χ4v) is 2.23. The molecule has 1 aliphatic rings. The van der Waals surface area contributed by atoms with Crippen molar-refractivity contribution in [1.29, 1.82) is 0 Å². The van der Waals surface area contributed by atoms with Crippen molar-refractivity contribution in [2.45, 2.75) is 25.9 Å². The molecule has 1 aromatic heterocycles. The van der Waals surface area contributed by atoms with E-state index in [2.05, 4.69) is 28.2 Å². The van der Waals surface area contributed by atoms with Gasteiger partial charge in [0.15, 0.2) is 0 Å². The molecule has 0 bridgehead atoms. The van der Waals surface area contributed by atoms with E-state index in [-0.39, 0.29) is 0 Å². The minimum Gasteiger partial charge on any atom is -0.378 e. The molecule has 0 saturated carbocycles. The average molecular weight is 249 g/mol. The van der Waals surface area contributed by atoms with Gasteiger partial charge in [-0.15, -0.1) is 0 Å². The van der Waals surface area contributed by atoms with Crippen LogP contribution in [0.4, 0.5) is 0 Å². The highest BCUT2D eigenvalue weighted by atomic mass is 16.5. The van der Waals surface area contributed by atoms with Crippen LogP contribution in [0.5, 0.6) is 0 Å². The maximum atomic E-state index is 5.58. The Morgan fingerprint density at radius 2 is 2.44 bits per heavy atom. The third-order valence-corrected chi connectivity index (χ3v) is 3.25. The van der Waals surface area contributed by atoms with Gasteiger partial charge in [0.1, 0.15) is 0 Å². The largest absolute Gasteiger partial charge is 0.378 e. The predicted molar refractivity (Wildman–Crippen MR) is 72.4 cm³/mol. The summed E-state index contributed by atoms with van der Waals surface area (Å²) in [6.45, 7) is 7.84. The third-order valence-electron chi connectivity index (χ3n) is 3.25. The van der Waals surface area contributed by atoms with E-state index < -0.39 is 0 Å². The van der Waals surface area contributed by atoms with Crippen molar-refractivity contribution >= 4 is 0 Å². The van der Waals surface area contributed by atoms with E-state index in [0.717, 1.165) is 45.1 Å². The Bertz CT molecular complexity index is 331. The second-order valence-electron chi connectivity index (χ2n) is 4.72. The highest BCUT2D eigenvalue weighted by molar-refractivity contribution is 5.03. The lowest BCUT2D eigenvalue weighted by atomic mass is 10.2. The van der Waals surface area contributed by atoms with E-state index in [9.17, 15) is 0 Å². The first-order chi connectivity index (χ1) is 8.90. The molecule has 0 aromatic carbocycles. The molecule has 4 heteroatoms. The number of hydrogen-bond donors (Lipinski definition) is 1. The number of hydrogen-bond acceptors (Lipinski definition) is 4. The number of nitrogens with zero attached hydrogens (tertiary/aromatic N) is 2. The summed E-state index contributed by atoms with van der Waals surface area (Å²) in [6.07, 6.45) is 3.04. The van der Waals surface area contributed by atoms with Gasteiger partial charge in [-0.2, -0.15) is 0 Å². The van der Waals surface area contributed by atoms with Gasteiger partial charge in [-0.25, -0.2) is 0 Å². The van der Waals surface area contributed by atoms with Gasteiger partial charge in [0.2, 0.25) is 0 Å². The smallest absolute Gasteiger partial charge is 0.0635 e. The van der Waals surface area contributed by atoms with Gasteiger partial charge in [0, 0.05) is 31.9 Å². The fourth-order valence-electron chi connectivity index (χ4n) is 2.23. The molecule has 0 radical (unpaired) electrons. The molecule has 100 valence electrons. The summed E-state index contributed by atoms with van der Waals surface area (Å²) in [5.41, 5.74) is 1.14. The van der Waals surface area contributed by atoms with Gasteiger partial charge in [-0.3, -0.25) is 9.88 Å². The lowest BCUT2D eigenvalue weighted by Gasteiger charge is -2.35. The molecule has 0 spiro atoms. The van der Waals surface area contributed by atoms with Crippen LogP contribution >= 0.6 is 0 Å². The molecule has 2 heterocycles. The number of aromatic nitrogens is 1. The summed E-state index contributed by atoms with van der Waals surface area (Å²) >= 11 is 0. The zero-order valence-corrected chi connectivity index (χ0v) is 11.1. The molecular weight excluding hydrogens is 226 g/mol. The third kappa shape index (κ3) is 4.05. The highest BCUT2D eigenvalue weighted by Gasteiger charge is 2.22. The number of pyridine rings is 1. The van der Waals surface area contributed by atoms with E-state index >= 15 is 0 Å². The Kier molecular flexibility index (Phi) is 5.58. The molecule has 1 aromatic rings. The first kappa shape index (κ1) is 13.5. The first-order valence-electron chi connectivity index (χ1n) is 6.82. The van der Waals surface area contributed by atoms with Crippen LogP contribution in [0.1, 0.15) is 19.0 Å². The molecule has 0 aliphatic carbocycles. The molecule has 1 atom stereocenters. The van der Waals surface area contributed by atoms with Gasteiger partial charge in [0.05, 0.1) is 18.9 Å². The highest BCUT2D eigenvalue weighted by Crippen LogP contribution is 2.10. The average Bonchev–Trinajstić information content (AvgIpc) is 2.42. The molecule has 0 amide bonds. The molecule has 4 nitrogen and oxygen atoms in total. The van der Waals surface area contributed by atoms with Gasteiger partial charge < -0.3 is 10.1 Å². The second-order valence-corrected chi connectivity index (χ2v) is 4.72. The molecule has 2 rings (SSSR count). The number of rotatable bonds is 6. The zero-order valence-electron chi connectivity index (χ0n) is 11.1. The van der Waals surface area contributed by atoms with Crippen LogP contribution in [0.15, 0.2) is 24.4 Å². The lowest BCUT2D eigenvalue weighted by molar-refractivity contribution is -0.0114. The van der Waals surface area contributed by atoms with Crippen LogP contribution in [0, 0.1) is 0 Å². The minimum absolute atomic E-state index is 0.465. The summed E-state index contributed by atoms with van der Waals surface area (Å²) in [7, 11) is 0. The number of morpholine rings is 1. The van der Waals surface area contributed by atoms with Crippen molar-refractivity contribution < 1.29 is 4.74 Å². The normalized spacial score (nSPS) is 21.1. The second kappa shape index (κ2) is 7.46. The van der Waals surface area contributed by atoms with Crippen LogP contribution in [0.25, 0.3) is 0 Å². The summed E-state index contributed by atoms with van der Waals surface area (Å²) in [4.78, 5) is 6.87. The number of ether oxygens (including phenoxy) is 1. The van der Waals surface area contributed by atoms with Gasteiger partial charge in [-0.05, 0) is 25.1 Å². The van der Waals surface area contributed by atoms with Crippen molar-refractivity contribution in [2.24, 2.45) is 0 Å². The van der Waals surface area contributed by atoms with Crippen LogP contribution in [-0.4, -0.2) is 48.8 Å².